The van der Waals surface area contributed by atoms with Gasteiger partial charge in [0, 0.05) is 12.7 Å². The number of rotatable bonds is 6. The smallest absolute Gasteiger partial charge is 0.242 e. The van der Waals surface area contributed by atoms with Gasteiger partial charge in [-0.15, -0.1) is 0 Å². The Bertz CT molecular complexity index is 530. The van der Waals surface area contributed by atoms with E-state index in [4.69, 9.17) is 23.2 Å². The molecule has 0 aromatic carbocycles. The topological polar surface area (TPSA) is 59.1 Å². The molecule has 0 aliphatic heterocycles. The summed E-state index contributed by atoms with van der Waals surface area (Å²) in [6.45, 7) is 0.444. The Hall–Kier alpha value is -0.360. The summed E-state index contributed by atoms with van der Waals surface area (Å²) in [6.07, 6.45) is 5.71. The molecule has 100 valence electrons. The molecule has 18 heavy (non-hydrogen) atoms. The van der Waals surface area contributed by atoms with Gasteiger partial charge in [-0.3, -0.25) is 0 Å². The molecule has 0 radical (unpaired) electrons. The Kier molecular flexibility index (Phi) is 4.48. The molecule has 7 heteroatoms. The van der Waals surface area contributed by atoms with Crippen LogP contribution in [0.25, 0.3) is 0 Å². The van der Waals surface area contributed by atoms with Crippen molar-refractivity contribution in [2.75, 3.05) is 6.54 Å². The Morgan fingerprint density at radius 3 is 2.72 bits per heavy atom. The van der Waals surface area contributed by atoms with E-state index in [1.165, 1.54) is 25.1 Å². The van der Waals surface area contributed by atoms with Crippen LogP contribution < -0.4 is 4.72 Å². The number of hydrogen-bond acceptors (Lipinski definition) is 3. The molecule has 1 aliphatic rings. The number of aromatic nitrogens is 1. The standard InChI is InChI=1S/C11H14Cl2N2O2S/c12-10-6-9(7-14-11(10)13)18(16,17)15-5-1-2-8-3-4-8/h6-8,15H,1-5H2. The Morgan fingerprint density at radius 2 is 2.11 bits per heavy atom. The zero-order chi connectivity index (χ0) is 13.2. The van der Waals surface area contributed by atoms with Crippen LogP contribution >= 0.6 is 23.2 Å². The average molecular weight is 309 g/mol. The molecule has 0 saturated heterocycles. The van der Waals surface area contributed by atoms with Crippen molar-refractivity contribution in [3.8, 4) is 0 Å². The van der Waals surface area contributed by atoms with Crippen molar-refractivity contribution in [1.29, 1.82) is 0 Å². The average Bonchev–Trinajstić information content (AvgIpc) is 3.12. The van der Waals surface area contributed by atoms with Crippen molar-refractivity contribution in [2.45, 2.75) is 30.6 Å². The second-order valence-electron chi connectivity index (χ2n) is 4.43. The summed E-state index contributed by atoms with van der Waals surface area (Å²) in [6, 6.07) is 1.31. The number of pyridine rings is 1. The summed E-state index contributed by atoms with van der Waals surface area (Å²) in [5.41, 5.74) is 0. The van der Waals surface area contributed by atoms with Crippen molar-refractivity contribution in [2.24, 2.45) is 5.92 Å². The highest BCUT2D eigenvalue weighted by atomic mass is 35.5. The molecule has 1 aromatic rings. The maximum absolute atomic E-state index is 11.9. The first kappa shape index (κ1) is 14.1. The Labute approximate surface area is 117 Å². The molecular weight excluding hydrogens is 295 g/mol. The second-order valence-corrected chi connectivity index (χ2v) is 6.96. The van der Waals surface area contributed by atoms with Gasteiger partial charge in [-0.1, -0.05) is 36.0 Å². The van der Waals surface area contributed by atoms with Crippen molar-refractivity contribution in [3.63, 3.8) is 0 Å². The monoisotopic (exact) mass is 308 g/mol. The van der Waals surface area contributed by atoms with Crippen LogP contribution in [-0.2, 0) is 10.0 Å². The SMILES string of the molecule is O=S(=O)(NCCCC1CC1)c1cnc(Cl)c(Cl)c1. The van der Waals surface area contributed by atoms with Gasteiger partial charge in [-0.2, -0.15) is 0 Å². The van der Waals surface area contributed by atoms with E-state index >= 15 is 0 Å². The molecule has 1 aromatic heterocycles. The van der Waals surface area contributed by atoms with Crippen LogP contribution in [-0.4, -0.2) is 19.9 Å². The van der Waals surface area contributed by atoms with Crippen molar-refractivity contribution >= 4 is 33.2 Å². The first-order valence-corrected chi connectivity index (χ1v) is 8.03. The molecule has 0 unspecified atom stereocenters. The maximum Gasteiger partial charge on any atom is 0.242 e. The third-order valence-corrected chi connectivity index (χ3v) is 4.97. The summed E-state index contributed by atoms with van der Waals surface area (Å²) in [5, 5.41) is 0.238. The molecule has 1 fully saturated rings. The third-order valence-electron chi connectivity index (χ3n) is 2.86. The van der Waals surface area contributed by atoms with Crippen molar-refractivity contribution in [3.05, 3.63) is 22.4 Å². The van der Waals surface area contributed by atoms with Gasteiger partial charge in [0.05, 0.1) is 5.02 Å². The maximum atomic E-state index is 11.9. The zero-order valence-electron chi connectivity index (χ0n) is 9.70. The summed E-state index contributed by atoms with van der Waals surface area (Å²) in [5.74, 6) is 0.807. The van der Waals surface area contributed by atoms with Gasteiger partial charge in [0.1, 0.15) is 10.0 Å². The number of halogens is 2. The van der Waals surface area contributed by atoms with E-state index in [-0.39, 0.29) is 15.1 Å². The fourth-order valence-corrected chi connectivity index (χ4v) is 3.02. The fourth-order valence-electron chi connectivity index (χ4n) is 1.64. The number of sulfonamides is 1. The van der Waals surface area contributed by atoms with E-state index < -0.39 is 10.0 Å². The quantitative estimate of drug-likeness (QED) is 0.649. The highest BCUT2D eigenvalue weighted by Crippen LogP contribution is 2.33. The van der Waals surface area contributed by atoms with Gasteiger partial charge in [0.2, 0.25) is 10.0 Å². The third kappa shape index (κ3) is 3.82. The van der Waals surface area contributed by atoms with E-state index in [9.17, 15) is 8.42 Å². The van der Waals surface area contributed by atoms with E-state index in [0.717, 1.165) is 18.8 Å². The van der Waals surface area contributed by atoms with E-state index in [2.05, 4.69) is 9.71 Å². The lowest BCUT2D eigenvalue weighted by molar-refractivity contribution is 0.572. The van der Waals surface area contributed by atoms with Gasteiger partial charge in [-0.25, -0.2) is 18.1 Å². The lowest BCUT2D eigenvalue weighted by atomic mass is 10.2. The van der Waals surface area contributed by atoms with Gasteiger partial charge >= 0.3 is 0 Å². The first-order chi connectivity index (χ1) is 8.49. The largest absolute Gasteiger partial charge is 0.242 e. The summed E-state index contributed by atoms with van der Waals surface area (Å²) >= 11 is 11.4. The molecule has 1 saturated carbocycles. The predicted octanol–water partition coefficient (Wildman–Crippen LogP) is 2.86. The van der Waals surface area contributed by atoms with Crippen LogP contribution in [0.1, 0.15) is 25.7 Å². The fraction of sp³-hybridized carbons (Fsp3) is 0.545. The second kappa shape index (κ2) is 5.74. The highest BCUT2D eigenvalue weighted by Gasteiger charge is 2.21. The van der Waals surface area contributed by atoms with Crippen LogP contribution in [0.4, 0.5) is 0 Å². The normalized spacial score (nSPS) is 15.9. The van der Waals surface area contributed by atoms with Crippen LogP contribution in [0.2, 0.25) is 10.2 Å². The molecule has 1 N–H and O–H groups in total. The number of hydrogen-bond donors (Lipinski definition) is 1. The molecule has 1 heterocycles. The number of nitrogens with zero attached hydrogens (tertiary/aromatic N) is 1. The van der Waals surface area contributed by atoms with Crippen LogP contribution in [0.15, 0.2) is 17.2 Å². The minimum Gasteiger partial charge on any atom is -0.242 e. The highest BCUT2D eigenvalue weighted by molar-refractivity contribution is 7.89. The lowest BCUT2D eigenvalue weighted by Crippen LogP contribution is -2.25. The van der Waals surface area contributed by atoms with E-state index in [1.54, 1.807) is 0 Å². The minimum absolute atomic E-state index is 0.0447. The minimum atomic E-state index is -3.53. The summed E-state index contributed by atoms with van der Waals surface area (Å²) in [4.78, 5) is 3.77. The zero-order valence-corrected chi connectivity index (χ0v) is 12.0. The van der Waals surface area contributed by atoms with Crippen molar-refractivity contribution < 1.29 is 8.42 Å². The Balaban J connectivity index is 1.93. The van der Waals surface area contributed by atoms with Crippen LogP contribution in [0.5, 0.6) is 0 Å². The van der Waals surface area contributed by atoms with Gasteiger partial charge in [0.15, 0.2) is 0 Å². The van der Waals surface area contributed by atoms with E-state index in [1.807, 2.05) is 0 Å². The Morgan fingerprint density at radius 1 is 1.39 bits per heavy atom. The summed E-state index contributed by atoms with van der Waals surface area (Å²) in [7, 11) is -3.53. The first-order valence-electron chi connectivity index (χ1n) is 5.80. The van der Waals surface area contributed by atoms with Gasteiger partial charge in [-0.05, 0) is 24.8 Å². The number of nitrogens with one attached hydrogen (secondary N) is 1. The molecule has 0 amide bonds. The van der Waals surface area contributed by atoms with Gasteiger partial charge < -0.3 is 0 Å². The van der Waals surface area contributed by atoms with Crippen molar-refractivity contribution in [1.82, 2.24) is 9.71 Å². The molecule has 0 bridgehead atoms. The molecular formula is C11H14Cl2N2O2S. The lowest BCUT2D eigenvalue weighted by Gasteiger charge is -2.06. The van der Waals surface area contributed by atoms with Crippen LogP contribution in [0.3, 0.4) is 0 Å². The van der Waals surface area contributed by atoms with Crippen LogP contribution in [0, 0.1) is 5.92 Å². The van der Waals surface area contributed by atoms with E-state index in [0.29, 0.717) is 6.54 Å². The molecule has 4 nitrogen and oxygen atoms in total. The molecule has 0 spiro atoms. The summed E-state index contributed by atoms with van der Waals surface area (Å²) < 4.78 is 26.3. The molecule has 2 rings (SSSR count). The van der Waals surface area contributed by atoms with Gasteiger partial charge in [0.25, 0.3) is 0 Å². The molecule has 0 atom stereocenters. The molecule has 1 aliphatic carbocycles. The predicted molar refractivity (Wildman–Crippen MR) is 71.4 cm³/mol.